The second-order valence-electron chi connectivity index (χ2n) is 8.54. The zero-order valence-electron chi connectivity index (χ0n) is 19.6. The van der Waals surface area contributed by atoms with Gasteiger partial charge in [0.05, 0.1) is 29.7 Å². The highest BCUT2D eigenvalue weighted by atomic mass is 32.2. The van der Waals surface area contributed by atoms with E-state index in [-0.39, 0.29) is 21.8 Å². The number of carbonyl (C=O) groups is 2. The Morgan fingerprint density at radius 1 is 1.06 bits per heavy atom. The molecule has 0 saturated carbocycles. The third-order valence-corrected chi connectivity index (χ3v) is 8.06. The minimum atomic E-state index is -3.65. The highest BCUT2D eigenvalue weighted by molar-refractivity contribution is 7.89. The Morgan fingerprint density at radius 2 is 1.69 bits per heavy atom. The van der Waals surface area contributed by atoms with E-state index in [1.807, 2.05) is 0 Å². The van der Waals surface area contributed by atoms with Crippen LogP contribution in [-0.4, -0.2) is 97.8 Å². The topological polar surface area (TPSA) is 120 Å². The van der Waals surface area contributed by atoms with Gasteiger partial charge in [-0.05, 0) is 42.0 Å². The summed E-state index contributed by atoms with van der Waals surface area (Å²) < 4.78 is 31.2. The molecule has 1 aromatic heterocycles. The smallest absolute Gasteiger partial charge is 0.295 e. The van der Waals surface area contributed by atoms with Crippen molar-refractivity contribution in [3.63, 3.8) is 0 Å². The van der Waals surface area contributed by atoms with E-state index in [2.05, 4.69) is 9.88 Å². The number of nitrogens with zero attached hydrogens (tertiary/aromatic N) is 4. The highest BCUT2D eigenvalue weighted by Crippen LogP contribution is 2.39. The number of amides is 1. The van der Waals surface area contributed by atoms with E-state index in [0.29, 0.717) is 31.9 Å². The first kappa shape index (κ1) is 25.0. The van der Waals surface area contributed by atoms with E-state index in [1.54, 1.807) is 24.5 Å². The number of aromatic nitrogens is 1. The number of morpholine rings is 1. The number of carbonyl (C=O) groups excluding carboxylic acids is 2. The SMILES string of the molecule is CN(C)S(=O)(=O)c1ccc(C(O)=C2C(=O)C(=O)N(CCN3CCOCC3)[C@@H]2c2ccncc2)cc1. The fourth-order valence-corrected chi connectivity index (χ4v) is 5.13. The van der Waals surface area contributed by atoms with Gasteiger partial charge in [-0.25, -0.2) is 12.7 Å². The molecule has 2 aliphatic heterocycles. The molecule has 0 spiro atoms. The first-order valence-electron chi connectivity index (χ1n) is 11.2. The Hall–Kier alpha value is -3.12. The Morgan fingerprint density at radius 3 is 2.29 bits per heavy atom. The number of pyridine rings is 1. The van der Waals surface area contributed by atoms with Gasteiger partial charge in [-0.3, -0.25) is 19.5 Å². The number of ketones is 1. The number of aliphatic hydroxyl groups excluding tert-OH is 1. The third kappa shape index (κ3) is 4.98. The molecule has 2 aromatic rings. The van der Waals surface area contributed by atoms with E-state index in [4.69, 9.17) is 4.74 Å². The summed E-state index contributed by atoms with van der Waals surface area (Å²) in [5.41, 5.74) is 0.855. The van der Waals surface area contributed by atoms with Crippen LogP contribution in [0.15, 0.2) is 59.3 Å². The van der Waals surface area contributed by atoms with Crippen molar-refractivity contribution >= 4 is 27.5 Å². The van der Waals surface area contributed by atoms with Crippen LogP contribution in [0.2, 0.25) is 0 Å². The van der Waals surface area contributed by atoms with Crippen molar-refractivity contribution in [2.24, 2.45) is 0 Å². The maximum atomic E-state index is 13.1. The van der Waals surface area contributed by atoms with Crippen LogP contribution in [0, 0.1) is 0 Å². The Bertz CT molecular complexity index is 1220. The average molecular weight is 501 g/mol. The molecule has 2 saturated heterocycles. The molecule has 2 aliphatic rings. The predicted octanol–water partition coefficient (Wildman–Crippen LogP) is 1.09. The van der Waals surface area contributed by atoms with E-state index < -0.39 is 27.8 Å². The van der Waals surface area contributed by atoms with Gasteiger partial charge in [0.15, 0.2) is 0 Å². The molecule has 1 amide bonds. The van der Waals surface area contributed by atoms with Gasteiger partial charge < -0.3 is 14.7 Å². The van der Waals surface area contributed by atoms with Crippen molar-refractivity contribution < 1.29 is 27.9 Å². The molecular weight excluding hydrogens is 472 g/mol. The monoisotopic (exact) mass is 500 g/mol. The maximum Gasteiger partial charge on any atom is 0.295 e. The van der Waals surface area contributed by atoms with Gasteiger partial charge in [-0.2, -0.15) is 0 Å². The number of Topliss-reactive ketones (excluding diaryl/α,β-unsaturated/α-hetero) is 1. The summed E-state index contributed by atoms with van der Waals surface area (Å²) in [5.74, 6) is -1.82. The number of sulfonamides is 1. The number of ether oxygens (including phenoxy) is 1. The second-order valence-corrected chi connectivity index (χ2v) is 10.7. The van der Waals surface area contributed by atoms with Crippen LogP contribution < -0.4 is 0 Å². The molecule has 0 unspecified atom stereocenters. The number of hydrogen-bond acceptors (Lipinski definition) is 8. The summed E-state index contributed by atoms with van der Waals surface area (Å²) in [6, 6.07) is 8.20. The van der Waals surface area contributed by atoms with E-state index in [9.17, 15) is 23.1 Å². The van der Waals surface area contributed by atoms with E-state index in [0.717, 1.165) is 17.4 Å². The van der Waals surface area contributed by atoms with Crippen LogP contribution in [0.4, 0.5) is 0 Å². The van der Waals surface area contributed by atoms with Crippen LogP contribution >= 0.6 is 0 Å². The Labute approximate surface area is 204 Å². The normalized spacial score (nSPS) is 21.1. The molecule has 1 aromatic carbocycles. The lowest BCUT2D eigenvalue weighted by Gasteiger charge is -2.31. The molecule has 186 valence electrons. The van der Waals surface area contributed by atoms with Gasteiger partial charge in [0.2, 0.25) is 10.0 Å². The van der Waals surface area contributed by atoms with Crippen molar-refractivity contribution in [3.05, 3.63) is 65.5 Å². The molecule has 10 nitrogen and oxygen atoms in total. The zero-order valence-corrected chi connectivity index (χ0v) is 20.4. The van der Waals surface area contributed by atoms with Crippen molar-refractivity contribution in [2.45, 2.75) is 10.9 Å². The molecule has 0 radical (unpaired) electrons. The zero-order chi connectivity index (χ0) is 25.2. The molecule has 0 aliphatic carbocycles. The molecule has 1 N–H and O–H groups in total. The first-order valence-corrected chi connectivity index (χ1v) is 12.7. The van der Waals surface area contributed by atoms with Crippen LogP contribution in [0.5, 0.6) is 0 Å². The minimum absolute atomic E-state index is 0.0357. The highest BCUT2D eigenvalue weighted by Gasteiger charge is 2.46. The molecule has 4 rings (SSSR count). The first-order chi connectivity index (χ1) is 16.7. The van der Waals surface area contributed by atoms with Gasteiger partial charge >= 0.3 is 0 Å². The number of benzene rings is 1. The lowest BCUT2D eigenvalue weighted by Crippen LogP contribution is -2.42. The minimum Gasteiger partial charge on any atom is -0.507 e. The summed E-state index contributed by atoms with van der Waals surface area (Å²) in [7, 11) is -0.799. The average Bonchev–Trinajstić information content (AvgIpc) is 3.13. The lowest BCUT2D eigenvalue weighted by molar-refractivity contribution is -0.140. The number of hydrogen-bond donors (Lipinski definition) is 1. The number of aliphatic hydroxyl groups is 1. The van der Waals surface area contributed by atoms with Gasteiger partial charge in [-0.15, -0.1) is 0 Å². The molecule has 3 heterocycles. The Balaban J connectivity index is 1.71. The molecule has 1 atom stereocenters. The van der Waals surface area contributed by atoms with Crippen molar-refractivity contribution in [1.82, 2.24) is 19.1 Å². The summed E-state index contributed by atoms with van der Waals surface area (Å²) in [5, 5.41) is 11.2. The van der Waals surface area contributed by atoms with Crippen molar-refractivity contribution in [2.75, 3.05) is 53.5 Å². The molecular formula is C24H28N4O6S. The van der Waals surface area contributed by atoms with Gasteiger partial charge in [0, 0.05) is 58.2 Å². The predicted molar refractivity (Wildman–Crippen MR) is 128 cm³/mol. The third-order valence-electron chi connectivity index (χ3n) is 6.23. The molecule has 0 bridgehead atoms. The van der Waals surface area contributed by atoms with Crippen LogP contribution in [0.1, 0.15) is 17.2 Å². The standard InChI is InChI=1S/C24H28N4O6S/c1-26(2)35(32,33)19-5-3-18(4-6-19)22(29)20-21(17-7-9-25-10-8-17)28(24(31)23(20)30)12-11-27-13-15-34-16-14-27/h3-10,21,29H,11-16H2,1-2H3/t21-/m1/s1. The van der Waals surface area contributed by atoms with E-state index >= 15 is 0 Å². The van der Waals surface area contributed by atoms with E-state index in [1.165, 1.54) is 43.3 Å². The Kier molecular flexibility index (Phi) is 7.31. The maximum absolute atomic E-state index is 13.1. The summed E-state index contributed by atoms with van der Waals surface area (Å²) in [6.45, 7) is 3.58. The summed E-state index contributed by atoms with van der Waals surface area (Å²) in [6.07, 6.45) is 3.14. The lowest BCUT2D eigenvalue weighted by atomic mass is 9.96. The molecule has 2 fully saturated rings. The van der Waals surface area contributed by atoms with Crippen molar-refractivity contribution in [3.8, 4) is 0 Å². The summed E-state index contributed by atoms with van der Waals surface area (Å²) in [4.78, 5) is 33.9. The largest absolute Gasteiger partial charge is 0.507 e. The van der Waals surface area contributed by atoms with Crippen LogP contribution in [0.3, 0.4) is 0 Å². The molecule has 11 heteroatoms. The fraction of sp³-hybridized carbons (Fsp3) is 0.375. The summed E-state index contributed by atoms with van der Waals surface area (Å²) >= 11 is 0. The van der Waals surface area contributed by atoms with Crippen molar-refractivity contribution in [1.29, 1.82) is 0 Å². The fourth-order valence-electron chi connectivity index (χ4n) is 4.23. The van der Waals surface area contributed by atoms with Gasteiger partial charge in [0.25, 0.3) is 11.7 Å². The quantitative estimate of drug-likeness (QED) is 0.341. The van der Waals surface area contributed by atoms with Crippen LogP contribution in [0.25, 0.3) is 5.76 Å². The van der Waals surface area contributed by atoms with Crippen LogP contribution in [-0.2, 0) is 24.3 Å². The second kappa shape index (κ2) is 10.2. The van der Waals surface area contributed by atoms with Gasteiger partial charge in [-0.1, -0.05) is 0 Å². The number of rotatable bonds is 7. The molecule has 35 heavy (non-hydrogen) atoms. The number of likely N-dealkylation sites (tertiary alicyclic amines) is 1. The van der Waals surface area contributed by atoms with Gasteiger partial charge in [0.1, 0.15) is 5.76 Å².